The van der Waals surface area contributed by atoms with Gasteiger partial charge in [0.05, 0.1) is 23.6 Å². The van der Waals surface area contributed by atoms with E-state index < -0.39 is 18.0 Å². The van der Waals surface area contributed by atoms with E-state index in [2.05, 4.69) is 4.98 Å². The Balaban J connectivity index is 2.01. The molecule has 27 heavy (non-hydrogen) atoms. The van der Waals surface area contributed by atoms with Crippen molar-refractivity contribution in [2.45, 2.75) is 38.7 Å². The van der Waals surface area contributed by atoms with Gasteiger partial charge in [-0.15, -0.1) is 11.8 Å². The van der Waals surface area contributed by atoms with Crippen LogP contribution in [0.25, 0.3) is 0 Å². The van der Waals surface area contributed by atoms with Crippen LogP contribution < -0.4 is 0 Å². The fourth-order valence-corrected chi connectivity index (χ4v) is 3.35. The largest absolute Gasteiger partial charge is 0.462 e. The average molecular weight is 389 g/mol. The highest BCUT2D eigenvalue weighted by atomic mass is 32.2. The Hall–Kier alpha value is -2.54. The summed E-state index contributed by atoms with van der Waals surface area (Å²) in [6.07, 6.45) is -0.958. The lowest BCUT2D eigenvalue weighted by Gasteiger charge is -2.12. The molecule has 0 saturated heterocycles. The number of aromatic amines is 1. The van der Waals surface area contributed by atoms with Crippen molar-refractivity contribution in [1.29, 1.82) is 0 Å². The van der Waals surface area contributed by atoms with E-state index in [0.29, 0.717) is 16.8 Å². The number of Topliss-reactive ketones (excluding diaryl/α,β-unsaturated/α-hetero) is 1. The lowest BCUT2D eigenvalue weighted by molar-refractivity contribution is -0.143. The zero-order valence-electron chi connectivity index (χ0n) is 15.8. The van der Waals surface area contributed by atoms with E-state index in [1.165, 1.54) is 18.7 Å². The number of ketones is 1. The van der Waals surface area contributed by atoms with E-state index in [-0.39, 0.29) is 23.8 Å². The summed E-state index contributed by atoms with van der Waals surface area (Å²) >= 11 is 1.34. The summed E-state index contributed by atoms with van der Waals surface area (Å²) in [7, 11) is 0. The van der Waals surface area contributed by atoms with Crippen molar-refractivity contribution in [2.75, 3.05) is 12.4 Å². The number of thioether (sulfide) groups is 1. The van der Waals surface area contributed by atoms with Gasteiger partial charge < -0.3 is 14.5 Å². The van der Waals surface area contributed by atoms with Gasteiger partial charge in [0.15, 0.2) is 6.10 Å². The van der Waals surface area contributed by atoms with Crippen molar-refractivity contribution in [3.63, 3.8) is 0 Å². The molecule has 1 heterocycles. The molecule has 1 N–H and O–H groups in total. The van der Waals surface area contributed by atoms with Crippen LogP contribution in [0.2, 0.25) is 0 Å². The second-order valence-corrected chi connectivity index (χ2v) is 6.99. The molecule has 144 valence electrons. The van der Waals surface area contributed by atoms with Crippen LogP contribution in [0.5, 0.6) is 0 Å². The maximum Gasteiger partial charge on any atom is 0.340 e. The molecule has 1 atom stereocenters. The molecule has 0 fully saturated rings. The van der Waals surface area contributed by atoms with Crippen LogP contribution in [0.15, 0.2) is 35.2 Å². The zero-order valence-corrected chi connectivity index (χ0v) is 16.6. The van der Waals surface area contributed by atoms with Crippen LogP contribution in [-0.2, 0) is 14.3 Å². The predicted molar refractivity (Wildman–Crippen MR) is 103 cm³/mol. The minimum absolute atomic E-state index is 0.110. The summed E-state index contributed by atoms with van der Waals surface area (Å²) in [6, 6.07) is 9.46. The summed E-state index contributed by atoms with van der Waals surface area (Å²) in [5.74, 6) is -1.23. The van der Waals surface area contributed by atoms with E-state index >= 15 is 0 Å². The first kappa shape index (κ1) is 20.8. The number of carbonyl (C=O) groups excluding carboxylic acids is 3. The van der Waals surface area contributed by atoms with Crippen LogP contribution in [0, 0.1) is 13.8 Å². The molecule has 6 nitrogen and oxygen atoms in total. The third-order valence-electron chi connectivity index (χ3n) is 3.94. The molecule has 0 amide bonds. The summed E-state index contributed by atoms with van der Waals surface area (Å²) in [6.45, 7) is 6.86. The number of ether oxygens (including phenoxy) is 2. The van der Waals surface area contributed by atoms with E-state index in [1.807, 2.05) is 30.3 Å². The van der Waals surface area contributed by atoms with Crippen molar-refractivity contribution in [2.24, 2.45) is 0 Å². The van der Waals surface area contributed by atoms with Crippen molar-refractivity contribution < 1.29 is 23.9 Å². The number of aromatic nitrogens is 1. The molecule has 2 rings (SSSR count). The Kier molecular flexibility index (Phi) is 7.24. The number of aryl methyl sites for hydroxylation is 1. The molecule has 0 aliphatic rings. The minimum Gasteiger partial charge on any atom is -0.462 e. The molecule has 0 radical (unpaired) electrons. The van der Waals surface area contributed by atoms with Crippen LogP contribution in [-0.4, -0.2) is 41.2 Å². The number of hydrogen-bond donors (Lipinski definition) is 1. The summed E-state index contributed by atoms with van der Waals surface area (Å²) in [5, 5.41) is 0. The second-order valence-electron chi connectivity index (χ2n) is 5.94. The van der Waals surface area contributed by atoms with Crippen LogP contribution in [0.4, 0.5) is 0 Å². The Bertz CT molecular complexity index is 828. The van der Waals surface area contributed by atoms with Crippen molar-refractivity contribution in [3.8, 4) is 0 Å². The number of nitrogens with one attached hydrogen (secondary N) is 1. The fourth-order valence-electron chi connectivity index (χ4n) is 2.65. The van der Waals surface area contributed by atoms with Gasteiger partial charge in [0, 0.05) is 10.6 Å². The van der Waals surface area contributed by atoms with Gasteiger partial charge in [-0.25, -0.2) is 4.79 Å². The SMILES string of the molecule is CCOC(=O)c1c(C)[nH]c(C(=O)[C@@H](C)OC(=O)CSc2ccccc2)c1C. The van der Waals surface area contributed by atoms with Gasteiger partial charge in [-0.3, -0.25) is 9.59 Å². The summed E-state index contributed by atoms with van der Waals surface area (Å²) in [5.41, 5.74) is 1.65. The van der Waals surface area contributed by atoms with Crippen molar-refractivity contribution in [1.82, 2.24) is 4.98 Å². The fraction of sp³-hybridized carbons (Fsp3) is 0.350. The molecule has 1 aromatic carbocycles. The number of hydrogen-bond acceptors (Lipinski definition) is 6. The first-order valence-corrected chi connectivity index (χ1v) is 9.61. The van der Waals surface area contributed by atoms with E-state index in [0.717, 1.165) is 4.90 Å². The maximum absolute atomic E-state index is 12.7. The van der Waals surface area contributed by atoms with Crippen LogP contribution in [0.3, 0.4) is 0 Å². The van der Waals surface area contributed by atoms with Crippen LogP contribution in [0.1, 0.15) is 46.0 Å². The highest BCUT2D eigenvalue weighted by Crippen LogP contribution is 2.22. The number of benzene rings is 1. The normalized spacial score (nSPS) is 11.7. The third-order valence-corrected chi connectivity index (χ3v) is 4.93. The quantitative estimate of drug-likeness (QED) is 0.421. The highest BCUT2D eigenvalue weighted by Gasteiger charge is 2.27. The molecular formula is C20H23NO5S. The Morgan fingerprint density at radius 3 is 2.44 bits per heavy atom. The summed E-state index contributed by atoms with van der Waals surface area (Å²) in [4.78, 5) is 40.6. The molecule has 1 aromatic heterocycles. The molecule has 2 aromatic rings. The van der Waals surface area contributed by atoms with E-state index in [9.17, 15) is 14.4 Å². The Labute approximate surface area is 162 Å². The average Bonchev–Trinajstić information content (AvgIpc) is 2.94. The number of carbonyl (C=O) groups is 3. The van der Waals surface area contributed by atoms with Gasteiger partial charge >= 0.3 is 11.9 Å². The third kappa shape index (κ3) is 5.23. The standard InChI is InChI=1S/C20H23NO5S/c1-5-25-20(24)17-12(2)18(21-13(17)3)19(23)14(4)26-16(22)11-27-15-9-7-6-8-10-15/h6-10,14,21H,5,11H2,1-4H3/t14-/m1/s1. The molecule has 0 saturated carbocycles. The highest BCUT2D eigenvalue weighted by molar-refractivity contribution is 8.00. The van der Waals surface area contributed by atoms with Crippen molar-refractivity contribution in [3.05, 3.63) is 52.8 Å². The Morgan fingerprint density at radius 2 is 1.81 bits per heavy atom. The molecular weight excluding hydrogens is 366 g/mol. The monoisotopic (exact) mass is 389 g/mol. The molecule has 0 unspecified atom stereocenters. The second kappa shape index (κ2) is 9.41. The Morgan fingerprint density at radius 1 is 1.15 bits per heavy atom. The minimum atomic E-state index is -0.958. The van der Waals surface area contributed by atoms with E-state index in [4.69, 9.17) is 9.47 Å². The molecule has 0 bridgehead atoms. The van der Waals surface area contributed by atoms with Crippen molar-refractivity contribution >= 4 is 29.5 Å². The summed E-state index contributed by atoms with van der Waals surface area (Å²) < 4.78 is 10.3. The van der Waals surface area contributed by atoms with Gasteiger partial charge in [-0.1, -0.05) is 18.2 Å². The molecule has 0 spiro atoms. The van der Waals surface area contributed by atoms with E-state index in [1.54, 1.807) is 20.8 Å². The molecule has 0 aliphatic carbocycles. The topological polar surface area (TPSA) is 85.5 Å². The number of H-pyrrole nitrogens is 1. The first-order chi connectivity index (χ1) is 12.8. The zero-order chi connectivity index (χ0) is 20.0. The maximum atomic E-state index is 12.7. The number of rotatable bonds is 8. The van der Waals surface area contributed by atoms with Gasteiger partial charge in [0.2, 0.25) is 5.78 Å². The van der Waals surface area contributed by atoms with Gasteiger partial charge in [0.25, 0.3) is 0 Å². The van der Waals surface area contributed by atoms with Crippen LogP contribution >= 0.6 is 11.8 Å². The lowest BCUT2D eigenvalue weighted by atomic mass is 10.1. The van der Waals surface area contributed by atoms with Gasteiger partial charge in [-0.05, 0) is 45.4 Å². The smallest absolute Gasteiger partial charge is 0.340 e. The predicted octanol–water partition coefficient (Wildman–Crippen LogP) is 3.71. The van der Waals surface area contributed by atoms with Gasteiger partial charge in [-0.2, -0.15) is 0 Å². The van der Waals surface area contributed by atoms with Gasteiger partial charge in [0.1, 0.15) is 0 Å². The first-order valence-electron chi connectivity index (χ1n) is 8.63. The lowest BCUT2D eigenvalue weighted by Crippen LogP contribution is -2.26. The molecule has 0 aliphatic heterocycles. The molecule has 7 heteroatoms. The number of esters is 2.